The minimum absolute atomic E-state index is 0.208. The van der Waals surface area contributed by atoms with Crippen molar-refractivity contribution >= 4 is 17.4 Å². The van der Waals surface area contributed by atoms with Crippen molar-refractivity contribution in [2.24, 2.45) is 0 Å². The van der Waals surface area contributed by atoms with Gasteiger partial charge in [0.15, 0.2) is 0 Å². The van der Waals surface area contributed by atoms with Crippen molar-refractivity contribution in [2.45, 2.75) is 19.4 Å². The van der Waals surface area contributed by atoms with Crippen LogP contribution in [0.4, 0.5) is 5.82 Å². The standard InChI is InChI=1S/C9H10ClN3O/c10-7-6-2-5-12-3-1-4-13(8(6)12)9(14)11-7/h1-5H2. The summed E-state index contributed by atoms with van der Waals surface area (Å²) < 4.78 is 1.75. The molecular weight excluding hydrogens is 202 g/mol. The van der Waals surface area contributed by atoms with Gasteiger partial charge in [0.1, 0.15) is 11.0 Å². The molecule has 0 aliphatic carbocycles. The van der Waals surface area contributed by atoms with Crippen LogP contribution in [0.1, 0.15) is 12.0 Å². The van der Waals surface area contributed by atoms with Crippen LogP contribution in [-0.2, 0) is 13.0 Å². The van der Waals surface area contributed by atoms with Crippen molar-refractivity contribution in [3.05, 3.63) is 21.2 Å². The topological polar surface area (TPSA) is 38.1 Å². The monoisotopic (exact) mass is 211 g/mol. The van der Waals surface area contributed by atoms with Gasteiger partial charge in [-0.1, -0.05) is 11.6 Å². The first-order valence-corrected chi connectivity index (χ1v) is 5.19. The van der Waals surface area contributed by atoms with Gasteiger partial charge in [-0.2, -0.15) is 4.98 Å². The molecule has 2 aliphatic rings. The normalized spacial score (nSPS) is 18.5. The SMILES string of the molecule is O=c1nc(Cl)c2c3n1CCCN3CC2. The second-order valence-corrected chi connectivity index (χ2v) is 4.09. The van der Waals surface area contributed by atoms with Crippen molar-refractivity contribution in [1.29, 1.82) is 0 Å². The molecule has 3 rings (SSSR count). The van der Waals surface area contributed by atoms with Gasteiger partial charge in [0.25, 0.3) is 0 Å². The van der Waals surface area contributed by atoms with Gasteiger partial charge >= 0.3 is 5.69 Å². The molecule has 0 bridgehead atoms. The van der Waals surface area contributed by atoms with Crippen LogP contribution in [0.3, 0.4) is 0 Å². The van der Waals surface area contributed by atoms with E-state index in [9.17, 15) is 4.79 Å². The molecule has 0 N–H and O–H groups in total. The highest BCUT2D eigenvalue weighted by molar-refractivity contribution is 6.30. The Bertz CT molecular complexity index is 454. The van der Waals surface area contributed by atoms with Crippen LogP contribution >= 0.6 is 11.6 Å². The van der Waals surface area contributed by atoms with Gasteiger partial charge in [-0.05, 0) is 12.8 Å². The Labute approximate surface area is 86.1 Å². The second-order valence-electron chi connectivity index (χ2n) is 3.73. The van der Waals surface area contributed by atoms with Gasteiger partial charge in [0.05, 0.1) is 0 Å². The van der Waals surface area contributed by atoms with Crippen LogP contribution in [0.2, 0.25) is 5.15 Å². The molecule has 0 fully saturated rings. The van der Waals surface area contributed by atoms with Gasteiger partial charge in [-0.25, -0.2) is 4.79 Å². The molecule has 2 aliphatic heterocycles. The van der Waals surface area contributed by atoms with E-state index in [1.807, 2.05) is 0 Å². The molecule has 0 unspecified atom stereocenters. The number of halogens is 1. The fraction of sp³-hybridized carbons (Fsp3) is 0.556. The second kappa shape index (κ2) is 2.73. The molecule has 4 nitrogen and oxygen atoms in total. The Morgan fingerprint density at radius 3 is 3.00 bits per heavy atom. The third kappa shape index (κ3) is 0.945. The van der Waals surface area contributed by atoms with Crippen molar-refractivity contribution < 1.29 is 0 Å². The summed E-state index contributed by atoms with van der Waals surface area (Å²) in [6.45, 7) is 2.79. The molecule has 0 spiro atoms. The number of anilines is 1. The van der Waals surface area contributed by atoms with Crippen molar-refractivity contribution in [2.75, 3.05) is 18.0 Å². The zero-order chi connectivity index (χ0) is 9.71. The zero-order valence-electron chi connectivity index (χ0n) is 7.66. The molecule has 0 amide bonds. The first-order valence-electron chi connectivity index (χ1n) is 4.81. The van der Waals surface area contributed by atoms with Crippen LogP contribution in [0.15, 0.2) is 4.79 Å². The summed E-state index contributed by atoms with van der Waals surface area (Å²) in [6.07, 6.45) is 1.94. The Kier molecular flexibility index (Phi) is 1.62. The fourth-order valence-corrected chi connectivity index (χ4v) is 2.58. The first-order chi connectivity index (χ1) is 6.77. The number of nitrogens with zero attached hydrogens (tertiary/aromatic N) is 3. The molecule has 5 heteroatoms. The van der Waals surface area contributed by atoms with Gasteiger partial charge in [-0.3, -0.25) is 4.57 Å². The summed E-state index contributed by atoms with van der Waals surface area (Å²) in [7, 11) is 0. The third-order valence-electron chi connectivity index (χ3n) is 2.94. The smallest absolute Gasteiger partial charge is 0.350 e. The van der Waals surface area contributed by atoms with Crippen LogP contribution in [0.25, 0.3) is 0 Å². The molecule has 3 heterocycles. The highest BCUT2D eigenvalue weighted by atomic mass is 35.5. The van der Waals surface area contributed by atoms with Crippen LogP contribution in [0.5, 0.6) is 0 Å². The average Bonchev–Trinajstić information content (AvgIpc) is 2.59. The Balaban J connectivity index is 2.35. The Hall–Kier alpha value is -1.03. The van der Waals surface area contributed by atoms with E-state index in [0.29, 0.717) is 5.15 Å². The van der Waals surface area contributed by atoms with Crippen LogP contribution in [0, 0.1) is 0 Å². The lowest BCUT2D eigenvalue weighted by Gasteiger charge is -2.27. The molecular formula is C9H10ClN3O. The molecule has 0 radical (unpaired) electrons. The molecule has 74 valence electrons. The Morgan fingerprint density at radius 2 is 2.14 bits per heavy atom. The molecule has 0 saturated carbocycles. The zero-order valence-corrected chi connectivity index (χ0v) is 8.42. The summed E-state index contributed by atoms with van der Waals surface area (Å²) in [5.74, 6) is 1.02. The van der Waals surface area contributed by atoms with E-state index in [2.05, 4.69) is 9.88 Å². The number of aromatic nitrogens is 2. The quantitative estimate of drug-likeness (QED) is 0.592. The largest absolute Gasteiger partial charge is 0.357 e. The minimum Gasteiger partial charge on any atom is -0.357 e. The lowest BCUT2D eigenvalue weighted by Crippen LogP contribution is -2.36. The lowest BCUT2D eigenvalue weighted by atomic mass is 10.2. The summed E-state index contributed by atoms with van der Waals surface area (Å²) in [4.78, 5) is 17.6. The molecule has 14 heavy (non-hydrogen) atoms. The molecule has 0 saturated heterocycles. The number of rotatable bonds is 0. The van der Waals surface area contributed by atoms with E-state index in [1.54, 1.807) is 4.57 Å². The maximum Gasteiger partial charge on any atom is 0.350 e. The van der Waals surface area contributed by atoms with Gasteiger partial charge in [0.2, 0.25) is 0 Å². The molecule has 1 aromatic heterocycles. The summed E-state index contributed by atoms with van der Waals surface area (Å²) >= 11 is 5.94. The van der Waals surface area contributed by atoms with Gasteiger partial charge < -0.3 is 4.90 Å². The summed E-state index contributed by atoms with van der Waals surface area (Å²) in [5, 5.41) is 0.394. The van der Waals surface area contributed by atoms with Gasteiger partial charge in [0, 0.05) is 25.2 Å². The van der Waals surface area contributed by atoms with Crippen LogP contribution in [-0.4, -0.2) is 22.6 Å². The summed E-state index contributed by atoms with van der Waals surface area (Å²) in [5.41, 5.74) is 0.839. The van der Waals surface area contributed by atoms with E-state index < -0.39 is 0 Å². The van der Waals surface area contributed by atoms with Crippen molar-refractivity contribution in [3.8, 4) is 0 Å². The molecule has 1 aromatic rings. The van der Waals surface area contributed by atoms with E-state index >= 15 is 0 Å². The average molecular weight is 212 g/mol. The first kappa shape index (κ1) is 8.29. The minimum atomic E-state index is -0.208. The summed E-state index contributed by atoms with van der Waals surface area (Å²) in [6, 6.07) is 0. The van der Waals surface area contributed by atoms with Crippen molar-refractivity contribution in [3.63, 3.8) is 0 Å². The third-order valence-corrected chi connectivity index (χ3v) is 3.25. The van der Waals surface area contributed by atoms with Crippen molar-refractivity contribution in [1.82, 2.24) is 9.55 Å². The molecule has 0 atom stereocenters. The maximum atomic E-state index is 11.6. The highest BCUT2D eigenvalue weighted by Gasteiger charge is 2.29. The predicted molar refractivity (Wildman–Crippen MR) is 54.0 cm³/mol. The van der Waals surface area contributed by atoms with E-state index in [0.717, 1.165) is 43.9 Å². The number of hydrogen-bond donors (Lipinski definition) is 0. The fourth-order valence-electron chi connectivity index (χ4n) is 2.33. The molecule has 0 aromatic carbocycles. The Morgan fingerprint density at radius 1 is 1.29 bits per heavy atom. The van der Waals surface area contributed by atoms with Crippen LogP contribution < -0.4 is 10.6 Å². The number of hydrogen-bond acceptors (Lipinski definition) is 3. The predicted octanol–water partition coefficient (Wildman–Crippen LogP) is 0.663. The van der Waals surface area contributed by atoms with E-state index in [-0.39, 0.29) is 5.69 Å². The maximum absolute atomic E-state index is 11.6. The highest BCUT2D eigenvalue weighted by Crippen LogP contribution is 2.32. The lowest BCUT2D eigenvalue weighted by molar-refractivity contribution is 0.552. The van der Waals surface area contributed by atoms with E-state index in [1.165, 1.54) is 0 Å². The van der Waals surface area contributed by atoms with Gasteiger partial charge in [-0.15, -0.1) is 0 Å². The van der Waals surface area contributed by atoms with E-state index in [4.69, 9.17) is 11.6 Å².